The fraction of sp³-hybridized carbons (Fsp3) is 0.278. The van der Waals surface area contributed by atoms with Crippen LogP contribution in [0.25, 0.3) is 0 Å². The van der Waals surface area contributed by atoms with E-state index in [0.29, 0.717) is 23.0 Å². The van der Waals surface area contributed by atoms with Gasteiger partial charge in [-0.1, -0.05) is 42.8 Å². The first-order valence-corrected chi connectivity index (χ1v) is 7.62. The summed E-state index contributed by atoms with van der Waals surface area (Å²) >= 11 is 5.92. The average Bonchev–Trinajstić information content (AvgIpc) is 2.54. The normalized spacial score (nSPS) is 13.4. The fourth-order valence-electron chi connectivity index (χ4n) is 2.27. The van der Waals surface area contributed by atoms with Crippen molar-refractivity contribution in [1.29, 1.82) is 5.26 Å². The van der Waals surface area contributed by atoms with Gasteiger partial charge in [-0.05, 0) is 41.3 Å². The molecule has 2 aromatic rings. The van der Waals surface area contributed by atoms with Crippen LogP contribution in [0.4, 0.5) is 0 Å². The van der Waals surface area contributed by atoms with Crippen molar-refractivity contribution in [3.8, 4) is 6.07 Å². The number of rotatable bonds is 6. The van der Waals surface area contributed by atoms with Crippen LogP contribution in [0.5, 0.6) is 0 Å². The first-order valence-electron chi connectivity index (χ1n) is 7.24. The van der Waals surface area contributed by atoms with Crippen molar-refractivity contribution in [2.24, 2.45) is 0 Å². The van der Waals surface area contributed by atoms with Crippen LogP contribution in [0.3, 0.4) is 0 Å². The zero-order valence-electron chi connectivity index (χ0n) is 12.5. The van der Waals surface area contributed by atoms with Gasteiger partial charge >= 0.3 is 0 Å². The molecule has 2 unspecified atom stereocenters. The Balaban J connectivity index is 1.83. The van der Waals surface area contributed by atoms with Gasteiger partial charge in [0.05, 0.1) is 17.7 Å². The Morgan fingerprint density at radius 1 is 1.14 bits per heavy atom. The second-order valence-electron chi connectivity index (χ2n) is 5.36. The zero-order valence-corrected chi connectivity index (χ0v) is 13.2. The highest BCUT2D eigenvalue weighted by molar-refractivity contribution is 6.30. The molecular weight excluding hydrogens is 296 g/mol. The monoisotopic (exact) mass is 314 g/mol. The predicted molar refractivity (Wildman–Crippen MR) is 88.9 cm³/mol. The Hall–Kier alpha value is -1.86. The van der Waals surface area contributed by atoms with Gasteiger partial charge in [-0.3, -0.25) is 0 Å². The summed E-state index contributed by atoms with van der Waals surface area (Å²) in [6.45, 7) is 3.34. The molecule has 0 amide bonds. The Bertz CT molecular complexity index is 649. The third-order valence-corrected chi connectivity index (χ3v) is 3.87. The topological polar surface area (TPSA) is 56.0 Å². The molecule has 2 rings (SSSR count). The Kier molecular flexibility index (Phi) is 5.97. The van der Waals surface area contributed by atoms with E-state index in [9.17, 15) is 5.11 Å². The second-order valence-corrected chi connectivity index (χ2v) is 5.80. The van der Waals surface area contributed by atoms with Gasteiger partial charge < -0.3 is 10.4 Å². The molecular formula is C18H19ClN2O. The summed E-state index contributed by atoms with van der Waals surface area (Å²) in [5, 5.41) is 22.8. The lowest BCUT2D eigenvalue weighted by Crippen LogP contribution is -2.25. The van der Waals surface area contributed by atoms with E-state index in [1.54, 1.807) is 12.1 Å². The third-order valence-electron chi connectivity index (χ3n) is 3.63. The van der Waals surface area contributed by atoms with Crippen molar-refractivity contribution in [3.63, 3.8) is 0 Å². The van der Waals surface area contributed by atoms with E-state index >= 15 is 0 Å². The van der Waals surface area contributed by atoms with Crippen LogP contribution in [0.15, 0.2) is 48.5 Å². The molecule has 114 valence electrons. The minimum atomic E-state index is -0.577. The number of nitrogens with one attached hydrogen (secondary N) is 1. The standard InChI is InChI=1S/C18H19ClN2O/c1-13(15-7-5-14(10-20)6-8-15)11-21-12-18(22)16-3-2-4-17(19)9-16/h2-9,13,18,21-22H,11-12H2,1H3. The van der Waals surface area contributed by atoms with Gasteiger partial charge in [0.2, 0.25) is 0 Å². The van der Waals surface area contributed by atoms with Gasteiger partial charge in [0.25, 0.3) is 0 Å². The molecule has 22 heavy (non-hydrogen) atoms. The van der Waals surface area contributed by atoms with Crippen molar-refractivity contribution in [2.45, 2.75) is 18.9 Å². The zero-order chi connectivity index (χ0) is 15.9. The van der Waals surface area contributed by atoms with E-state index in [1.165, 1.54) is 5.56 Å². The summed E-state index contributed by atoms with van der Waals surface area (Å²) in [6, 6.07) is 17.0. The van der Waals surface area contributed by atoms with Crippen molar-refractivity contribution in [3.05, 3.63) is 70.2 Å². The molecule has 0 fully saturated rings. The SMILES string of the molecule is CC(CNCC(O)c1cccc(Cl)c1)c1ccc(C#N)cc1. The van der Waals surface area contributed by atoms with E-state index in [0.717, 1.165) is 12.1 Å². The lowest BCUT2D eigenvalue weighted by atomic mass is 10.00. The molecule has 0 saturated carbocycles. The maximum atomic E-state index is 10.1. The maximum Gasteiger partial charge on any atom is 0.0991 e. The number of aliphatic hydroxyl groups excluding tert-OH is 1. The molecule has 2 N–H and O–H groups in total. The highest BCUT2D eigenvalue weighted by Gasteiger charge is 2.10. The molecule has 0 radical (unpaired) electrons. The van der Waals surface area contributed by atoms with E-state index in [-0.39, 0.29) is 0 Å². The van der Waals surface area contributed by atoms with E-state index < -0.39 is 6.10 Å². The molecule has 0 saturated heterocycles. The molecule has 0 aliphatic rings. The van der Waals surface area contributed by atoms with Gasteiger partial charge in [0.15, 0.2) is 0 Å². The number of benzene rings is 2. The van der Waals surface area contributed by atoms with Gasteiger partial charge in [0, 0.05) is 18.1 Å². The number of nitriles is 1. The summed E-state index contributed by atoms with van der Waals surface area (Å²) in [4.78, 5) is 0. The Labute approximate surface area is 136 Å². The highest BCUT2D eigenvalue weighted by Crippen LogP contribution is 2.18. The number of hydrogen-bond acceptors (Lipinski definition) is 3. The third kappa shape index (κ3) is 4.57. The van der Waals surface area contributed by atoms with Gasteiger partial charge in [-0.25, -0.2) is 0 Å². The van der Waals surface area contributed by atoms with Gasteiger partial charge in [0.1, 0.15) is 0 Å². The number of halogens is 1. The molecule has 0 heterocycles. The summed E-state index contributed by atoms with van der Waals surface area (Å²) in [7, 11) is 0. The molecule has 2 aromatic carbocycles. The van der Waals surface area contributed by atoms with Crippen LogP contribution in [-0.4, -0.2) is 18.2 Å². The lowest BCUT2D eigenvalue weighted by Gasteiger charge is -2.16. The molecule has 0 bridgehead atoms. The van der Waals surface area contributed by atoms with Crippen LogP contribution in [0.1, 0.15) is 35.6 Å². The first kappa shape index (κ1) is 16.5. The Morgan fingerprint density at radius 2 is 1.86 bits per heavy atom. The molecule has 3 nitrogen and oxygen atoms in total. The van der Waals surface area contributed by atoms with E-state index in [1.807, 2.05) is 36.4 Å². The summed E-state index contributed by atoms with van der Waals surface area (Å²) in [5.41, 5.74) is 2.65. The van der Waals surface area contributed by atoms with E-state index in [2.05, 4.69) is 18.3 Å². The van der Waals surface area contributed by atoms with Crippen molar-refractivity contribution in [2.75, 3.05) is 13.1 Å². The number of aliphatic hydroxyl groups is 1. The van der Waals surface area contributed by atoms with Crippen molar-refractivity contribution < 1.29 is 5.11 Å². The molecule has 4 heteroatoms. The number of hydrogen-bond donors (Lipinski definition) is 2. The molecule has 0 aliphatic heterocycles. The van der Waals surface area contributed by atoms with E-state index in [4.69, 9.17) is 16.9 Å². The van der Waals surface area contributed by atoms with Crippen LogP contribution in [-0.2, 0) is 0 Å². The van der Waals surface area contributed by atoms with Crippen LogP contribution < -0.4 is 5.32 Å². The molecule has 0 aromatic heterocycles. The maximum absolute atomic E-state index is 10.1. The van der Waals surface area contributed by atoms with Crippen LogP contribution in [0, 0.1) is 11.3 Å². The fourth-order valence-corrected chi connectivity index (χ4v) is 2.47. The lowest BCUT2D eigenvalue weighted by molar-refractivity contribution is 0.174. The average molecular weight is 315 g/mol. The second kappa shape index (κ2) is 7.95. The van der Waals surface area contributed by atoms with Crippen LogP contribution in [0.2, 0.25) is 5.02 Å². The number of nitrogens with zero attached hydrogens (tertiary/aromatic N) is 1. The van der Waals surface area contributed by atoms with Crippen LogP contribution >= 0.6 is 11.6 Å². The van der Waals surface area contributed by atoms with Gasteiger partial charge in [-0.2, -0.15) is 5.26 Å². The summed E-state index contributed by atoms with van der Waals surface area (Å²) < 4.78 is 0. The van der Waals surface area contributed by atoms with Crippen molar-refractivity contribution >= 4 is 11.6 Å². The first-order chi connectivity index (χ1) is 10.6. The summed E-state index contributed by atoms with van der Waals surface area (Å²) in [6.07, 6.45) is -0.577. The van der Waals surface area contributed by atoms with Crippen molar-refractivity contribution in [1.82, 2.24) is 5.32 Å². The van der Waals surface area contributed by atoms with Gasteiger partial charge in [-0.15, -0.1) is 0 Å². The minimum Gasteiger partial charge on any atom is -0.387 e. The molecule has 2 atom stereocenters. The molecule has 0 spiro atoms. The smallest absolute Gasteiger partial charge is 0.0991 e. The Morgan fingerprint density at radius 3 is 2.50 bits per heavy atom. The minimum absolute atomic E-state index is 0.305. The largest absolute Gasteiger partial charge is 0.387 e. The summed E-state index contributed by atoms with van der Waals surface area (Å²) in [5.74, 6) is 0.305. The molecule has 0 aliphatic carbocycles. The highest BCUT2D eigenvalue weighted by atomic mass is 35.5. The quantitative estimate of drug-likeness (QED) is 0.856. The predicted octanol–water partition coefficient (Wildman–Crippen LogP) is 3.64.